The number of urea groups is 1. The molecule has 3 amide bonds. The summed E-state index contributed by atoms with van der Waals surface area (Å²) >= 11 is 0. The van der Waals surface area contributed by atoms with Crippen LogP contribution in [0.3, 0.4) is 0 Å². The molecule has 154 valence electrons. The van der Waals surface area contributed by atoms with E-state index in [1.165, 1.54) is 24.1 Å². The van der Waals surface area contributed by atoms with Crippen LogP contribution < -0.4 is 5.14 Å². The number of fused-ring (bicyclic) bond motifs is 1. The number of amidine groups is 1. The molecule has 2 heterocycles. The van der Waals surface area contributed by atoms with Crippen LogP contribution in [0.1, 0.15) is 18.9 Å². The zero-order valence-electron chi connectivity index (χ0n) is 16.5. The predicted octanol–water partition coefficient (Wildman–Crippen LogP) is 1.16. The van der Waals surface area contributed by atoms with E-state index in [4.69, 9.17) is 5.14 Å². The largest absolute Gasteiger partial charge is 0.331 e. The lowest BCUT2D eigenvalue weighted by Crippen LogP contribution is -2.59. The number of imide groups is 1. The van der Waals surface area contributed by atoms with Crippen LogP contribution >= 0.6 is 0 Å². The van der Waals surface area contributed by atoms with E-state index >= 15 is 0 Å². The van der Waals surface area contributed by atoms with Gasteiger partial charge < -0.3 is 0 Å². The van der Waals surface area contributed by atoms with Crippen molar-refractivity contribution in [1.82, 2.24) is 9.80 Å². The summed E-state index contributed by atoms with van der Waals surface area (Å²) in [5.41, 5.74) is 2.37. The van der Waals surface area contributed by atoms with E-state index in [0.29, 0.717) is 30.9 Å². The third-order valence-electron chi connectivity index (χ3n) is 5.02. The molecular formula is C19H23N5O4S. The van der Waals surface area contributed by atoms with Gasteiger partial charge in [0.2, 0.25) is 15.9 Å². The van der Waals surface area contributed by atoms with Crippen molar-refractivity contribution >= 4 is 33.5 Å². The highest BCUT2D eigenvalue weighted by Gasteiger charge is 2.45. The number of hydrogen-bond acceptors (Lipinski definition) is 6. The van der Waals surface area contributed by atoms with Crippen LogP contribution in [-0.2, 0) is 21.2 Å². The molecule has 1 atom stereocenters. The molecule has 1 unspecified atom stereocenters. The third kappa shape index (κ3) is 3.99. The molecule has 0 saturated carbocycles. The predicted molar refractivity (Wildman–Crippen MR) is 109 cm³/mol. The maximum atomic E-state index is 12.8. The van der Waals surface area contributed by atoms with Crippen molar-refractivity contribution in [1.29, 1.82) is 0 Å². The van der Waals surface area contributed by atoms with Crippen LogP contribution in [0, 0.1) is 5.92 Å². The van der Waals surface area contributed by atoms with E-state index in [1.807, 2.05) is 6.92 Å². The SMILES string of the molecule is CCC1=CN=C2C(C(=O)N(C)C(=O)N2C)C1=NCCc1ccc(S(N)(=O)=O)cc1. The lowest BCUT2D eigenvalue weighted by Gasteiger charge is -2.37. The minimum Gasteiger partial charge on any atom is -0.288 e. The second-order valence-electron chi connectivity index (χ2n) is 6.87. The topological polar surface area (TPSA) is 126 Å². The summed E-state index contributed by atoms with van der Waals surface area (Å²) in [4.78, 5) is 36.5. The standard InChI is InChI=1S/C19H23N5O4S/c1-4-13-11-22-17-15(18(25)24(3)19(26)23(17)2)16(13)21-10-9-12-5-7-14(8-6-12)29(20,27)28/h5-8,11,15H,4,9-10H2,1-3H3,(H2,20,27,28). The summed E-state index contributed by atoms with van der Waals surface area (Å²) in [6.45, 7) is 2.36. The second kappa shape index (κ2) is 7.88. The van der Waals surface area contributed by atoms with Crippen molar-refractivity contribution < 1.29 is 18.0 Å². The quantitative estimate of drug-likeness (QED) is 0.771. The first-order valence-electron chi connectivity index (χ1n) is 9.13. The Balaban J connectivity index is 1.83. The second-order valence-corrected chi connectivity index (χ2v) is 8.43. The monoisotopic (exact) mass is 417 g/mol. The van der Waals surface area contributed by atoms with Crippen LogP contribution in [-0.4, -0.2) is 62.3 Å². The van der Waals surface area contributed by atoms with Gasteiger partial charge in [0.15, 0.2) is 0 Å². The molecule has 1 aromatic carbocycles. The number of sulfonamides is 1. The van der Waals surface area contributed by atoms with E-state index in [9.17, 15) is 18.0 Å². The number of primary sulfonamides is 1. The molecule has 0 bridgehead atoms. The summed E-state index contributed by atoms with van der Waals surface area (Å²) in [6.07, 6.45) is 2.88. The molecule has 3 rings (SSSR count). The van der Waals surface area contributed by atoms with E-state index in [0.717, 1.165) is 16.0 Å². The summed E-state index contributed by atoms with van der Waals surface area (Å²) in [5, 5.41) is 5.11. The van der Waals surface area contributed by atoms with Crippen LogP contribution in [0.25, 0.3) is 0 Å². The van der Waals surface area contributed by atoms with Crippen molar-refractivity contribution in [2.45, 2.75) is 24.7 Å². The van der Waals surface area contributed by atoms with Gasteiger partial charge in [-0.15, -0.1) is 0 Å². The lowest BCUT2D eigenvalue weighted by molar-refractivity contribution is -0.128. The first-order chi connectivity index (χ1) is 13.6. The lowest BCUT2D eigenvalue weighted by atomic mass is 9.89. The molecule has 1 saturated heterocycles. The van der Waals surface area contributed by atoms with E-state index in [-0.39, 0.29) is 10.8 Å². The number of nitrogens with two attached hydrogens (primary N) is 1. The molecule has 2 aliphatic heterocycles. The number of carbonyl (C=O) groups excluding carboxylic acids is 2. The average molecular weight is 417 g/mol. The smallest absolute Gasteiger partial charge is 0.288 e. The normalized spacial score (nSPS) is 21.2. The zero-order chi connectivity index (χ0) is 21.3. The van der Waals surface area contributed by atoms with Crippen LogP contribution in [0.5, 0.6) is 0 Å². The van der Waals surface area contributed by atoms with Gasteiger partial charge in [-0.3, -0.25) is 19.6 Å². The Morgan fingerprint density at radius 1 is 1.14 bits per heavy atom. The molecular weight excluding hydrogens is 394 g/mol. The van der Waals surface area contributed by atoms with Crippen molar-refractivity contribution in [3.63, 3.8) is 0 Å². The fraction of sp³-hybridized carbons (Fsp3) is 0.368. The molecule has 2 N–H and O–H groups in total. The number of nitrogens with zero attached hydrogens (tertiary/aromatic N) is 4. The van der Waals surface area contributed by atoms with Gasteiger partial charge in [-0.25, -0.2) is 23.3 Å². The minimum absolute atomic E-state index is 0.0560. The molecule has 10 heteroatoms. The zero-order valence-corrected chi connectivity index (χ0v) is 17.3. The van der Waals surface area contributed by atoms with Crippen molar-refractivity contribution in [3.05, 3.63) is 41.6 Å². The van der Waals surface area contributed by atoms with Crippen molar-refractivity contribution in [2.75, 3.05) is 20.6 Å². The van der Waals surface area contributed by atoms with Gasteiger partial charge in [-0.1, -0.05) is 19.1 Å². The molecule has 1 fully saturated rings. The van der Waals surface area contributed by atoms with Crippen molar-refractivity contribution in [3.8, 4) is 0 Å². The van der Waals surface area contributed by atoms with Gasteiger partial charge in [0.05, 0.1) is 10.6 Å². The maximum Gasteiger partial charge on any atom is 0.331 e. The van der Waals surface area contributed by atoms with Gasteiger partial charge >= 0.3 is 6.03 Å². The molecule has 9 nitrogen and oxygen atoms in total. The Bertz CT molecular complexity index is 1040. The van der Waals surface area contributed by atoms with E-state index in [1.54, 1.807) is 25.4 Å². The summed E-state index contributed by atoms with van der Waals surface area (Å²) in [5.74, 6) is -0.666. The van der Waals surface area contributed by atoms with Crippen LogP contribution in [0.2, 0.25) is 0 Å². The molecule has 1 aromatic rings. The molecule has 0 spiro atoms. The Morgan fingerprint density at radius 3 is 2.38 bits per heavy atom. The van der Waals surface area contributed by atoms with Crippen LogP contribution in [0.15, 0.2) is 50.9 Å². The van der Waals surface area contributed by atoms with Gasteiger partial charge in [-0.2, -0.15) is 0 Å². The molecule has 0 radical (unpaired) electrons. The third-order valence-corrected chi connectivity index (χ3v) is 5.95. The van der Waals surface area contributed by atoms with Gasteiger partial charge in [0, 0.05) is 26.8 Å². The minimum atomic E-state index is -3.72. The summed E-state index contributed by atoms with van der Waals surface area (Å²) in [7, 11) is -0.684. The number of rotatable bonds is 5. The van der Waals surface area contributed by atoms with Gasteiger partial charge in [0.25, 0.3) is 0 Å². The van der Waals surface area contributed by atoms with Crippen LogP contribution in [0.4, 0.5) is 4.79 Å². The number of carbonyl (C=O) groups is 2. The Morgan fingerprint density at radius 2 is 1.79 bits per heavy atom. The average Bonchev–Trinajstić information content (AvgIpc) is 2.70. The van der Waals surface area contributed by atoms with Gasteiger partial charge in [-0.05, 0) is 36.1 Å². The number of allylic oxidation sites excluding steroid dienone is 1. The Labute approximate surface area is 169 Å². The van der Waals surface area contributed by atoms with E-state index < -0.39 is 22.0 Å². The molecule has 0 aliphatic carbocycles. The Hall–Kier alpha value is -2.85. The number of hydrogen-bond donors (Lipinski definition) is 1. The van der Waals surface area contributed by atoms with Gasteiger partial charge in [0.1, 0.15) is 11.8 Å². The first-order valence-corrected chi connectivity index (χ1v) is 10.7. The number of amides is 3. The van der Waals surface area contributed by atoms with E-state index in [2.05, 4.69) is 9.98 Å². The highest BCUT2D eigenvalue weighted by Crippen LogP contribution is 2.26. The highest BCUT2D eigenvalue weighted by molar-refractivity contribution is 7.89. The molecule has 29 heavy (non-hydrogen) atoms. The molecule has 0 aromatic heterocycles. The fourth-order valence-electron chi connectivity index (χ4n) is 3.33. The number of aliphatic imine (C=N–C) groups is 2. The molecule has 2 aliphatic rings. The fourth-order valence-corrected chi connectivity index (χ4v) is 3.84. The summed E-state index contributed by atoms with van der Waals surface area (Å²) < 4.78 is 22.7. The highest BCUT2D eigenvalue weighted by atomic mass is 32.2. The Kier molecular flexibility index (Phi) is 5.67. The first kappa shape index (κ1) is 20.9. The number of benzene rings is 1. The summed E-state index contributed by atoms with van der Waals surface area (Å²) in [6, 6.07) is 5.88. The van der Waals surface area contributed by atoms with Crippen molar-refractivity contribution in [2.24, 2.45) is 21.0 Å². The maximum absolute atomic E-state index is 12.8.